The van der Waals surface area contributed by atoms with Gasteiger partial charge in [0.2, 0.25) is 5.89 Å². The van der Waals surface area contributed by atoms with E-state index in [-0.39, 0.29) is 23.3 Å². The van der Waals surface area contributed by atoms with Crippen molar-refractivity contribution in [2.75, 3.05) is 13.1 Å². The number of hydrogen-bond acceptors (Lipinski definition) is 5. The normalized spacial score (nSPS) is 21.7. The molecule has 8 heteroatoms. The molecule has 2 atom stereocenters. The van der Waals surface area contributed by atoms with Crippen LogP contribution in [-0.4, -0.2) is 39.0 Å². The van der Waals surface area contributed by atoms with Crippen molar-refractivity contribution >= 4 is 5.91 Å². The second kappa shape index (κ2) is 8.17. The van der Waals surface area contributed by atoms with Crippen LogP contribution in [0.15, 0.2) is 47.2 Å². The van der Waals surface area contributed by atoms with Crippen LogP contribution in [0.5, 0.6) is 0 Å². The van der Waals surface area contributed by atoms with E-state index >= 15 is 0 Å². The number of benzene rings is 1. The number of amides is 1. The second-order valence-electron chi connectivity index (χ2n) is 8.31. The fourth-order valence-corrected chi connectivity index (χ4v) is 4.71. The van der Waals surface area contributed by atoms with E-state index in [9.17, 15) is 13.6 Å². The fourth-order valence-electron chi connectivity index (χ4n) is 4.71. The molecule has 2 fully saturated rings. The minimum absolute atomic E-state index is 0.0835. The van der Waals surface area contributed by atoms with Gasteiger partial charge in [0.1, 0.15) is 0 Å². The molecule has 0 bridgehead atoms. The van der Waals surface area contributed by atoms with Crippen molar-refractivity contribution in [1.29, 1.82) is 0 Å². The number of pyridine rings is 1. The molecule has 0 radical (unpaired) electrons. The van der Waals surface area contributed by atoms with Gasteiger partial charge in [-0.05, 0) is 42.7 Å². The summed E-state index contributed by atoms with van der Waals surface area (Å²) >= 11 is 0. The summed E-state index contributed by atoms with van der Waals surface area (Å²) in [5.74, 6) is -1.07. The van der Waals surface area contributed by atoms with Crippen molar-refractivity contribution in [2.24, 2.45) is 0 Å². The topological polar surface area (TPSA) is 72.1 Å². The highest BCUT2D eigenvalue weighted by atomic mass is 19.2. The predicted octanol–water partition coefficient (Wildman–Crippen LogP) is 4.42. The van der Waals surface area contributed by atoms with Crippen LogP contribution in [0.25, 0.3) is 0 Å². The van der Waals surface area contributed by atoms with Gasteiger partial charge in [0.15, 0.2) is 17.5 Å². The molecule has 0 unspecified atom stereocenters. The molecule has 2 aromatic heterocycles. The minimum Gasteiger partial charge on any atom is -0.339 e. The quantitative estimate of drug-likeness (QED) is 0.620. The summed E-state index contributed by atoms with van der Waals surface area (Å²) in [6, 6.07) is 7.03. The first kappa shape index (κ1) is 19.8. The zero-order valence-electron chi connectivity index (χ0n) is 16.9. The second-order valence-corrected chi connectivity index (χ2v) is 8.31. The number of carbonyl (C=O) groups is 1. The van der Waals surface area contributed by atoms with Gasteiger partial charge in [-0.15, -0.1) is 0 Å². The van der Waals surface area contributed by atoms with E-state index in [4.69, 9.17) is 9.51 Å². The Labute approximate surface area is 178 Å². The van der Waals surface area contributed by atoms with Gasteiger partial charge in [0.25, 0.3) is 5.91 Å². The summed E-state index contributed by atoms with van der Waals surface area (Å²) in [4.78, 5) is 23.6. The molecule has 1 aliphatic carbocycles. The monoisotopic (exact) mass is 424 g/mol. The molecular weight excluding hydrogens is 402 g/mol. The molecule has 3 heterocycles. The summed E-state index contributed by atoms with van der Waals surface area (Å²) in [6.07, 6.45) is 7.95. The van der Waals surface area contributed by atoms with Gasteiger partial charge < -0.3 is 9.42 Å². The molecule has 1 aromatic carbocycles. The Bertz CT molecular complexity index is 1080. The number of aromatic nitrogens is 3. The van der Waals surface area contributed by atoms with Crippen LogP contribution in [0.2, 0.25) is 0 Å². The smallest absolute Gasteiger partial charge is 0.254 e. The summed E-state index contributed by atoms with van der Waals surface area (Å²) in [5, 5.41) is 4.22. The Morgan fingerprint density at radius 3 is 2.61 bits per heavy atom. The van der Waals surface area contributed by atoms with E-state index in [0.717, 1.165) is 36.4 Å². The van der Waals surface area contributed by atoms with Crippen molar-refractivity contribution < 1.29 is 18.1 Å². The third kappa shape index (κ3) is 3.82. The molecule has 1 saturated carbocycles. The van der Waals surface area contributed by atoms with Crippen LogP contribution in [0.1, 0.15) is 71.1 Å². The fraction of sp³-hybridized carbons (Fsp3) is 0.391. The number of hydrogen-bond donors (Lipinski definition) is 0. The highest BCUT2D eigenvalue weighted by Crippen LogP contribution is 2.40. The molecule has 1 saturated heterocycles. The third-order valence-electron chi connectivity index (χ3n) is 6.38. The van der Waals surface area contributed by atoms with Crippen LogP contribution in [-0.2, 0) is 0 Å². The molecule has 6 nitrogen and oxygen atoms in total. The maximum absolute atomic E-state index is 13.7. The van der Waals surface area contributed by atoms with E-state index in [1.807, 2.05) is 12.1 Å². The number of rotatable bonds is 4. The van der Waals surface area contributed by atoms with Gasteiger partial charge >= 0.3 is 0 Å². The first-order chi connectivity index (χ1) is 15.1. The molecule has 1 amide bonds. The first-order valence-electron chi connectivity index (χ1n) is 10.6. The van der Waals surface area contributed by atoms with Crippen LogP contribution >= 0.6 is 0 Å². The van der Waals surface area contributed by atoms with Crippen LogP contribution in [0.3, 0.4) is 0 Å². The summed E-state index contributed by atoms with van der Waals surface area (Å²) in [7, 11) is 0. The van der Waals surface area contributed by atoms with Crippen LogP contribution in [0, 0.1) is 11.6 Å². The summed E-state index contributed by atoms with van der Waals surface area (Å²) in [6.45, 7) is 0.749. The number of carbonyl (C=O) groups excluding carboxylic acids is 1. The summed E-state index contributed by atoms with van der Waals surface area (Å²) in [5.41, 5.74) is 1.08. The van der Waals surface area contributed by atoms with Crippen LogP contribution < -0.4 is 0 Å². The van der Waals surface area contributed by atoms with Crippen molar-refractivity contribution in [1.82, 2.24) is 20.0 Å². The molecule has 31 heavy (non-hydrogen) atoms. The third-order valence-corrected chi connectivity index (χ3v) is 6.38. The number of likely N-dealkylation sites (tertiary alicyclic amines) is 1. The maximum Gasteiger partial charge on any atom is 0.254 e. The molecule has 2 aliphatic rings. The molecule has 3 aromatic rings. The van der Waals surface area contributed by atoms with Crippen molar-refractivity contribution in [3.8, 4) is 0 Å². The number of nitrogens with zero attached hydrogens (tertiary/aromatic N) is 4. The lowest BCUT2D eigenvalue weighted by Gasteiger charge is -2.16. The van der Waals surface area contributed by atoms with E-state index in [2.05, 4.69) is 10.1 Å². The van der Waals surface area contributed by atoms with Crippen LogP contribution in [0.4, 0.5) is 8.78 Å². The average Bonchev–Trinajstić information content (AvgIpc) is 3.55. The highest BCUT2D eigenvalue weighted by molar-refractivity contribution is 5.94. The van der Waals surface area contributed by atoms with E-state index < -0.39 is 11.6 Å². The molecule has 160 valence electrons. The molecule has 5 rings (SSSR count). The van der Waals surface area contributed by atoms with Gasteiger partial charge in [0.05, 0.1) is 5.92 Å². The first-order valence-corrected chi connectivity index (χ1v) is 10.6. The Morgan fingerprint density at radius 1 is 1.06 bits per heavy atom. The van der Waals surface area contributed by atoms with E-state index in [1.165, 1.54) is 18.9 Å². The van der Waals surface area contributed by atoms with E-state index in [1.54, 1.807) is 17.3 Å². The molecular formula is C23H22F2N4O2. The standard InChI is InChI=1S/C23H22F2N4O2/c24-19-8-7-15(10-20(19)25)23(30)29-12-17(16-6-3-9-26-11-16)18(13-29)22-27-21(28-31-22)14-4-1-2-5-14/h3,6-11,14,17-18H,1-2,4-5,12-13H2/t17-,18+/m0/s1. The maximum atomic E-state index is 13.7. The zero-order valence-corrected chi connectivity index (χ0v) is 16.9. The van der Waals surface area contributed by atoms with Crippen molar-refractivity contribution in [3.05, 3.63) is 77.2 Å². The minimum atomic E-state index is -1.04. The Kier molecular flexibility index (Phi) is 5.21. The largest absolute Gasteiger partial charge is 0.339 e. The zero-order chi connectivity index (χ0) is 21.4. The van der Waals surface area contributed by atoms with Gasteiger partial charge in [-0.1, -0.05) is 24.1 Å². The average molecular weight is 424 g/mol. The number of halogens is 2. The lowest BCUT2D eigenvalue weighted by atomic mass is 9.90. The molecule has 0 N–H and O–H groups in total. The molecule has 0 spiro atoms. The van der Waals surface area contributed by atoms with E-state index in [0.29, 0.717) is 24.9 Å². The Balaban J connectivity index is 1.44. The Hall–Kier alpha value is -3.16. The summed E-state index contributed by atoms with van der Waals surface area (Å²) < 4.78 is 32.6. The Morgan fingerprint density at radius 2 is 1.87 bits per heavy atom. The molecule has 1 aliphatic heterocycles. The van der Waals surface area contributed by atoms with Gasteiger partial charge in [0, 0.05) is 42.9 Å². The van der Waals surface area contributed by atoms with Gasteiger partial charge in [-0.25, -0.2) is 8.78 Å². The van der Waals surface area contributed by atoms with Gasteiger partial charge in [-0.3, -0.25) is 9.78 Å². The lowest BCUT2D eigenvalue weighted by Crippen LogP contribution is -2.29. The SMILES string of the molecule is O=C(c1ccc(F)c(F)c1)N1C[C@@H](c2cccnc2)[C@H](c2nc(C3CCCC3)no2)C1. The van der Waals surface area contributed by atoms with Crippen molar-refractivity contribution in [3.63, 3.8) is 0 Å². The highest BCUT2D eigenvalue weighted by Gasteiger charge is 2.41. The van der Waals surface area contributed by atoms with Gasteiger partial charge in [-0.2, -0.15) is 4.98 Å². The predicted molar refractivity (Wildman–Crippen MR) is 107 cm³/mol. The lowest BCUT2D eigenvalue weighted by molar-refractivity contribution is 0.0787. The van der Waals surface area contributed by atoms with Crippen molar-refractivity contribution in [2.45, 2.75) is 43.4 Å².